The lowest BCUT2D eigenvalue weighted by Crippen LogP contribution is -2.47. The van der Waals surface area contributed by atoms with Gasteiger partial charge in [0.25, 0.3) is 0 Å². The van der Waals surface area contributed by atoms with Gasteiger partial charge in [0.05, 0.1) is 18.8 Å². The van der Waals surface area contributed by atoms with E-state index in [0.717, 1.165) is 18.7 Å². The second-order valence-electron chi connectivity index (χ2n) is 5.47. The summed E-state index contributed by atoms with van der Waals surface area (Å²) in [7, 11) is 0. The van der Waals surface area contributed by atoms with Crippen LogP contribution in [-0.4, -0.2) is 31.7 Å². The van der Waals surface area contributed by atoms with Gasteiger partial charge in [0, 0.05) is 19.0 Å². The largest absolute Gasteiger partial charge is 0.378 e. The van der Waals surface area contributed by atoms with Gasteiger partial charge >= 0.3 is 0 Å². The minimum atomic E-state index is -0.353. The minimum absolute atomic E-state index is 0.0526. The molecule has 1 aliphatic rings. The van der Waals surface area contributed by atoms with Crippen molar-refractivity contribution in [2.45, 2.75) is 31.8 Å². The molecule has 1 aromatic rings. The quantitative estimate of drug-likeness (QED) is 0.863. The third kappa shape index (κ3) is 4.04. The number of carbonyl (C=O) groups is 1. The number of nitrogens with one attached hydrogen (secondary N) is 2. The monoisotopic (exact) mass is 262 g/mol. The normalized spacial score (nSPS) is 20.0. The maximum atomic E-state index is 12.1. The van der Waals surface area contributed by atoms with Gasteiger partial charge in [0.15, 0.2) is 0 Å². The highest BCUT2D eigenvalue weighted by atomic mass is 16.5. The number of carbonyl (C=O) groups excluding carboxylic acids is 1. The van der Waals surface area contributed by atoms with Crippen LogP contribution in [-0.2, 0) is 15.1 Å². The fourth-order valence-electron chi connectivity index (χ4n) is 2.30. The van der Waals surface area contributed by atoms with E-state index in [1.807, 2.05) is 44.2 Å². The summed E-state index contributed by atoms with van der Waals surface area (Å²) in [6, 6.07) is 10.1. The average Bonchev–Trinajstić information content (AvgIpc) is 2.40. The second kappa shape index (κ2) is 6.17. The highest BCUT2D eigenvalue weighted by Crippen LogP contribution is 2.19. The average molecular weight is 262 g/mol. The molecule has 1 atom stereocenters. The number of hydrogen-bond donors (Lipinski definition) is 2. The molecular weight excluding hydrogens is 240 g/mol. The first kappa shape index (κ1) is 14.0. The minimum Gasteiger partial charge on any atom is -0.378 e. The number of benzene rings is 1. The van der Waals surface area contributed by atoms with Gasteiger partial charge in [-0.2, -0.15) is 0 Å². The Kier molecular flexibility index (Phi) is 4.56. The second-order valence-corrected chi connectivity index (χ2v) is 5.47. The van der Waals surface area contributed by atoms with Crippen LogP contribution < -0.4 is 10.6 Å². The van der Waals surface area contributed by atoms with E-state index in [0.29, 0.717) is 13.0 Å². The van der Waals surface area contributed by atoms with Crippen molar-refractivity contribution in [3.8, 4) is 0 Å². The van der Waals surface area contributed by atoms with Crippen molar-refractivity contribution in [1.29, 1.82) is 0 Å². The van der Waals surface area contributed by atoms with Gasteiger partial charge in [0.2, 0.25) is 5.91 Å². The number of morpholine rings is 1. The summed E-state index contributed by atoms with van der Waals surface area (Å²) in [4.78, 5) is 12.1. The van der Waals surface area contributed by atoms with Crippen molar-refractivity contribution < 1.29 is 9.53 Å². The highest BCUT2D eigenvalue weighted by molar-refractivity contribution is 5.77. The zero-order valence-corrected chi connectivity index (χ0v) is 11.6. The molecule has 0 bridgehead atoms. The molecule has 1 heterocycles. The van der Waals surface area contributed by atoms with Crippen molar-refractivity contribution in [3.63, 3.8) is 0 Å². The molecule has 104 valence electrons. The molecule has 1 saturated heterocycles. The van der Waals surface area contributed by atoms with Gasteiger partial charge in [-0.05, 0) is 19.4 Å². The summed E-state index contributed by atoms with van der Waals surface area (Å²) in [6.45, 7) is 6.20. The van der Waals surface area contributed by atoms with Gasteiger partial charge in [-0.3, -0.25) is 4.79 Å². The molecule has 0 aliphatic carbocycles. The van der Waals surface area contributed by atoms with Crippen molar-refractivity contribution in [2.75, 3.05) is 19.8 Å². The van der Waals surface area contributed by atoms with Crippen LogP contribution in [0.2, 0.25) is 0 Å². The molecule has 2 rings (SSSR count). The Morgan fingerprint density at radius 1 is 1.42 bits per heavy atom. The van der Waals surface area contributed by atoms with Crippen molar-refractivity contribution >= 4 is 5.91 Å². The molecule has 2 N–H and O–H groups in total. The molecule has 1 aliphatic heterocycles. The van der Waals surface area contributed by atoms with E-state index >= 15 is 0 Å². The van der Waals surface area contributed by atoms with E-state index in [1.54, 1.807) is 0 Å². The van der Waals surface area contributed by atoms with E-state index in [1.165, 1.54) is 0 Å². The van der Waals surface area contributed by atoms with E-state index < -0.39 is 0 Å². The Morgan fingerprint density at radius 3 is 2.79 bits per heavy atom. The smallest absolute Gasteiger partial charge is 0.222 e. The molecule has 0 radical (unpaired) electrons. The van der Waals surface area contributed by atoms with E-state index in [-0.39, 0.29) is 17.5 Å². The molecule has 1 amide bonds. The fourth-order valence-corrected chi connectivity index (χ4v) is 2.30. The van der Waals surface area contributed by atoms with Gasteiger partial charge in [-0.25, -0.2) is 0 Å². The van der Waals surface area contributed by atoms with Crippen LogP contribution in [0.1, 0.15) is 25.8 Å². The Labute approximate surface area is 114 Å². The van der Waals surface area contributed by atoms with E-state index in [4.69, 9.17) is 4.74 Å². The Hall–Kier alpha value is -1.39. The molecule has 1 aromatic carbocycles. The van der Waals surface area contributed by atoms with Crippen molar-refractivity contribution in [1.82, 2.24) is 10.6 Å². The zero-order chi connectivity index (χ0) is 13.7. The zero-order valence-electron chi connectivity index (χ0n) is 11.6. The van der Waals surface area contributed by atoms with Gasteiger partial charge < -0.3 is 15.4 Å². The maximum Gasteiger partial charge on any atom is 0.222 e. The predicted molar refractivity (Wildman–Crippen MR) is 74.8 cm³/mol. The fraction of sp³-hybridized carbons (Fsp3) is 0.533. The predicted octanol–water partition coefficient (Wildman–Crippen LogP) is 1.42. The van der Waals surface area contributed by atoms with Crippen LogP contribution in [0.15, 0.2) is 30.3 Å². The van der Waals surface area contributed by atoms with Gasteiger partial charge in [0.1, 0.15) is 0 Å². The topological polar surface area (TPSA) is 50.4 Å². The lowest BCUT2D eigenvalue weighted by Gasteiger charge is -2.29. The standard InChI is InChI=1S/C15H22N2O2/c1-15(2,12-6-4-3-5-7-12)17-14(18)10-13-11-19-9-8-16-13/h3-7,13,16H,8-11H2,1-2H3,(H,17,18). The van der Waals surface area contributed by atoms with E-state index in [2.05, 4.69) is 10.6 Å². The summed E-state index contributed by atoms with van der Waals surface area (Å²) in [5.74, 6) is 0.0526. The molecule has 4 nitrogen and oxygen atoms in total. The summed E-state index contributed by atoms with van der Waals surface area (Å²) >= 11 is 0. The summed E-state index contributed by atoms with van der Waals surface area (Å²) < 4.78 is 5.36. The molecule has 1 fully saturated rings. The Morgan fingerprint density at radius 2 is 2.16 bits per heavy atom. The number of rotatable bonds is 4. The first-order chi connectivity index (χ1) is 9.08. The summed E-state index contributed by atoms with van der Waals surface area (Å²) in [6.07, 6.45) is 0.455. The lowest BCUT2D eigenvalue weighted by atomic mass is 9.94. The summed E-state index contributed by atoms with van der Waals surface area (Å²) in [5.41, 5.74) is 0.754. The number of amides is 1. The van der Waals surface area contributed by atoms with Gasteiger partial charge in [-0.1, -0.05) is 30.3 Å². The molecular formula is C15H22N2O2. The molecule has 0 saturated carbocycles. The van der Waals surface area contributed by atoms with Crippen molar-refractivity contribution in [3.05, 3.63) is 35.9 Å². The molecule has 0 spiro atoms. The van der Waals surface area contributed by atoms with Crippen molar-refractivity contribution in [2.24, 2.45) is 0 Å². The lowest BCUT2D eigenvalue weighted by molar-refractivity contribution is -0.124. The molecule has 1 unspecified atom stereocenters. The number of hydrogen-bond acceptors (Lipinski definition) is 3. The highest BCUT2D eigenvalue weighted by Gasteiger charge is 2.24. The maximum absolute atomic E-state index is 12.1. The van der Waals surface area contributed by atoms with Crippen LogP contribution in [0.5, 0.6) is 0 Å². The van der Waals surface area contributed by atoms with E-state index in [9.17, 15) is 4.79 Å². The molecule has 19 heavy (non-hydrogen) atoms. The van der Waals surface area contributed by atoms with Crippen LogP contribution >= 0.6 is 0 Å². The molecule has 0 aromatic heterocycles. The van der Waals surface area contributed by atoms with Crippen LogP contribution in [0.25, 0.3) is 0 Å². The first-order valence-corrected chi connectivity index (χ1v) is 6.75. The third-order valence-electron chi connectivity index (χ3n) is 3.38. The first-order valence-electron chi connectivity index (χ1n) is 6.75. The summed E-state index contributed by atoms with van der Waals surface area (Å²) in [5, 5.41) is 6.38. The third-order valence-corrected chi connectivity index (χ3v) is 3.38. The van der Waals surface area contributed by atoms with Crippen LogP contribution in [0.4, 0.5) is 0 Å². The Bertz CT molecular complexity index is 411. The Balaban J connectivity index is 1.90. The number of ether oxygens (including phenoxy) is 1. The van der Waals surface area contributed by atoms with Gasteiger partial charge in [-0.15, -0.1) is 0 Å². The van der Waals surface area contributed by atoms with Crippen LogP contribution in [0, 0.1) is 0 Å². The molecule has 4 heteroatoms. The SMILES string of the molecule is CC(C)(NC(=O)CC1COCCN1)c1ccccc1. The van der Waals surface area contributed by atoms with Crippen LogP contribution in [0.3, 0.4) is 0 Å².